The molecule has 3 aromatic rings. The van der Waals surface area contributed by atoms with E-state index in [1.165, 1.54) is 12.3 Å². The van der Waals surface area contributed by atoms with Gasteiger partial charge in [0.1, 0.15) is 34.3 Å². The molecule has 0 aliphatic heterocycles. The van der Waals surface area contributed by atoms with Crippen molar-refractivity contribution in [3.8, 4) is 28.7 Å². The Morgan fingerprint density at radius 1 is 0.947 bits per heavy atom. The van der Waals surface area contributed by atoms with E-state index in [1.807, 2.05) is 25.1 Å². The van der Waals surface area contributed by atoms with E-state index in [0.717, 1.165) is 17.5 Å². The highest BCUT2D eigenvalue weighted by molar-refractivity contribution is 5.91. The van der Waals surface area contributed by atoms with Gasteiger partial charge in [-0.05, 0) is 48.7 Å². The highest BCUT2D eigenvalue weighted by atomic mass is 16.5. The predicted octanol–water partition coefficient (Wildman–Crippen LogP) is 4.97. The van der Waals surface area contributed by atoms with E-state index >= 15 is 0 Å². The minimum absolute atomic E-state index is 0.00796. The van der Waals surface area contributed by atoms with Crippen molar-refractivity contribution in [2.45, 2.75) is 39.5 Å². The molecule has 0 bridgehead atoms. The zero-order chi connectivity index (χ0) is 27.5. The molecule has 3 rings (SSSR count). The number of carboxylic acids is 1. The number of nitrogens with one attached hydrogen (secondary N) is 1. The van der Waals surface area contributed by atoms with E-state index in [0.29, 0.717) is 61.0 Å². The van der Waals surface area contributed by atoms with Gasteiger partial charge in [-0.1, -0.05) is 38.5 Å². The van der Waals surface area contributed by atoms with Crippen molar-refractivity contribution in [3.05, 3.63) is 83.1 Å². The summed E-state index contributed by atoms with van der Waals surface area (Å²) in [7, 11) is 0. The third-order valence-electron chi connectivity index (χ3n) is 5.90. The maximum absolute atomic E-state index is 11.6. The second kappa shape index (κ2) is 13.8. The topological polar surface area (TPSA) is 149 Å². The summed E-state index contributed by atoms with van der Waals surface area (Å²) in [5.74, 6) is 6.56. The maximum Gasteiger partial charge on any atom is 0.339 e. The van der Waals surface area contributed by atoms with Crippen LogP contribution in [0.1, 0.15) is 53.7 Å². The number of phenolic OH excluding ortho intramolecular Hbond substituents is 1. The first-order valence-electron chi connectivity index (χ1n) is 12.6. The number of hydrazine groups is 1. The average Bonchev–Trinajstić information content (AvgIpc) is 2.92. The normalized spacial score (nSPS) is 11.2. The highest BCUT2D eigenvalue weighted by Gasteiger charge is 2.16. The molecule has 0 aliphatic rings. The van der Waals surface area contributed by atoms with Crippen molar-refractivity contribution in [1.82, 2.24) is 5.43 Å². The number of benzene rings is 3. The summed E-state index contributed by atoms with van der Waals surface area (Å²) in [6.07, 6.45) is 4.16. The summed E-state index contributed by atoms with van der Waals surface area (Å²) in [5, 5.41) is 19.9. The van der Waals surface area contributed by atoms with Crippen LogP contribution >= 0.6 is 0 Å². The molecule has 7 N–H and O–H groups in total. The van der Waals surface area contributed by atoms with Gasteiger partial charge in [-0.3, -0.25) is 5.84 Å². The molecule has 0 fully saturated rings. The number of carboxylic acid groups (broad SMARTS) is 1. The molecule has 0 spiro atoms. The number of ether oxygens (including phenoxy) is 3. The van der Waals surface area contributed by atoms with Crippen molar-refractivity contribution in [1.29, 1.82) is 0 Å². The third-order valence-corrected chi connectivity index (χ3v) is 5.90. The fourth-order valence-corrected chi connectivity index (χ4v) is 4.00. The lowest BCUT2D eigenvalue weighted by Crippen LogP contribution is -2.21. The molecule has 0 aromatic heterocycles. The molecule has 0 saturated heterocycles. The molecule has 9 heteroatoms. The Morgan fingerprint density at radius 3 is 2.29 bits per heavy atom. The number of aryl methyl sites for hydroxylation is 1. The molecule has 202 valence electrons. The van der Waals surface area contributed by atoms with Gasteiger partial charge in [-0.2, -0.15) is 0 Å². The van der Waals surface area contributed by atoms with Crippen LogP contribution in [0.4, 0.5) is 0 Å². The van der Waals surface area contributed by atoms with E-state index in [-0.39, 0.29) is 17.1 Å². The molecule has 0 atom stereocenters. The minimum Gasteiger partial charge on any atom is -0.507 e. The first-order chi connectivity index (χ1) is 18.4. The Balaban J connectivity index is 1.66. The van der Waals surface area contributed by atoms with E-state index in [2.05, 4.69) is 12.3 Å². The summed E-state index contributed by atoms with van der Waals surface area (Å²) in [4.78, 5) is 11.6. The summed E-state index contributed by atoms with van der Waals surface area (Å²) in [5.41, 5.74) is 10.9. The van der Waals surface area contributed by atoms with Crippen LogP contribution in [0.3, 0.4) is 0 Å². The number of nitrogens with two attached hydrogens (primary N) is 2. The molecule has 0 unspecified atom stereocenters. The van der Waals surface area contributed by atoms with Crippen LogP contribution in [0.15, 0.2) is 60.8 Å². The average molecular weight is 522 g/mol. The van der Waals surface area contributed by atoms with Crippen molar-refractivity contribution in [2.75, 3.05) is 13.2 Å². The number of hydrogen-bond acceptors (Lipinski definition) is 8. The van der Waals surface area contributed by atoms with E-state index in [1.54, 1.807) is 30.3 Å². The van der Waals surface area contributed by atoms with Crippen LogP contribution in [0, 0.1) is 0 Å². The maximum atomic E-state index is 11.6. The monoisotopic (exact) mass is 521 g/mol. The highest BCUT2D eigenvalue weighted by Crippen LogP contribution is 2.35. The van der Waals surface area contributed by atoms with Crippen molar-refractivity contribution < 1.29 is 29.2 Å². The third kappa shape index (κ3) is 6.89. The van der Waals surface area contributed by atoms with Crippen molar-refractivity contribution in [3.63, 3.8) is 0 Å². The van der Waals surface area contributed by atoms with Crippen LogP contribution in [0.5, 0.6) is 28.7 Å². The number of hydrogen-bond donors (Lipinski definition) is 5. The first-order valence-corrected chi connectivity index (χ1v) is 12.6. The Hall–Kier alpha value is -4.37. The second-order valence-corrected chi connectivity index (χ2v) is 8.49. The van der Waals surface area contributed by atoms with Gasteiger partial charge in [-0.15, -0.1) is 0 Å². The number of aromatic carboxylic acids is 1. The van der Waals surface area contributed by atoms with Gasteiger partial charge in [0.25, 0.3) is 0 Å². The van der Waals surface area contributed by atoms with E-state index in [4.69, 9.17) is 25.8 Å². The molecule has 38 heavy (non-hydrogen) atoms. The summed E-state index contributed by atoms with van der Waals surface area (Å²) in [6, 6.07) is 15.4. The van der Waals surface area contributed by atoms with Gasteiger partial charge in [0.05, 0.1) is 18.9 Å². The Labute approximate surface area is 222 Å². The van der Waals surface area contributed by atoms with Gasteiger partial charge in [-0.25, -0.2) is 4.79 Å². The van der Waals surface area contributed by atoms with Crippen molar-refractivity contribution >= 4 is 11.7 Å². The van der Waals surface area contributed by atoms with Crippen molar-refractivity contribution in [2.24, 2.45) is 11.6 Å². The molecule has 0 amide bonds. The number of rotatable bonds is 14. The van der Waals surface area contributed by atoms with E-state index < -0.39 is 5.97 Å². The molecule has 3 aromatic carbocycles. The fraction of sp³-hybridized carbons (Fsp3) is 0.276. The van der Waals surface area contributed by atoms with Gasteiger partial charge < -0.3 is 35.6 Å². The minimum atomic E-state index is -1.05. The lowest BCUT2D eigenvalue weighted by atomic mass is 10.0. The zero-order valence-electron chi connectivity index (χ0n) is 21.7. The molecule has 0 radical (unpaired) electrons. The number of carbonyl (C=O) groups is 1. The SMILES string of the molecule is CCCc1c(OCCCOc2cc(O)c(/C(=C/N)NN)cc2CC)cccc1Oc1ccccc1C(=O)O. The van der Waals surface area contributed by atoms with Gasteiger partial charge >= 0.3 is 5.97 Å². The molecular weight excluding hydrogens is 486 g/mol. The van der Waals surface area contributed by atoms with E-state index in [9.17, 15) is 15.0 Å². The second-order valence-electron chi connectivity index (χ2n) is 8.49. The summed E-state index contributed by atoms with van der Waals surface area (Å²) < 4.78 is 18.0. The van der Waals surface area contributed by atoms with Gasteiger partial charge in [0.15, 0.2) is 0 Å². The Morgan fingerprint density at radius 2 is 1.63 bits per heavy atom. The van der Waals surface area contributed by atoms with Gasteiger partial charge in [0, 0.05) is 29.8 Å². The van der Waals surface area contributed by atoms with Crippen LogP contribution in [0.25, 0.3) is 5.70 Å². The fourth-order valence-electron chi connectivity index (χ4n) is 4.00. The lowest BCUT2D eigenvalue weighted by molar-refractivity contribution is 0.0694. The smallest absolute Gasteiger partial charge is 0.339 e. The zero-order valence-corrected chi connectivity index (χ0v) is 21.7. The quantitative estimate of drug-likeness (QED) is 0.113. The Bertz CT molecular complexity index is 1280. The predicted molar refractivity (Wildman–Crippen MR) is 146 cm³/mol. The van der Waals surface area contributed by atoms with Crippen LogP contribution < -0.4 is 31.2 Å². The molecule has 0 aliphatic carbocycles. The van der Waals surface area contributed by atoms with Crippen LogP contribution in [-0.2, 0) is 12.8 Å². The standard InChI is InChI=1S/C29H35N3O6/c1-3-9-20-25(12-7-13-26(20)38-27-11-6-5-10-21(27)29(34)35)36-14-8-15-37-28-17-24(33)22(16-19(28)4-2)23(18-30)32-31/h5-7,10-13,16-18,32-33H,3-4,8-9,14-15,30-31H2,1-2H3,(H,34,35)/b23-18-. The Kier molecular flexibility index (Phi) is 10.2. The number of phenols is 1. The summed E-state index contributed by atoms with van der Waals surface area (Å²) >= 11 is 0. The van der Waals surface area contributed by atoms with Crippen LogP contribution in [-0.4, -0.2) is 29.4 Å². The number of aromatic hydroxyl groups is 1. The molecule has 0 saturated carbocycles. The largest absolute Gasteiger partial charge is 0.507 e. The van der Waals surface area contributed by atoms with Crippen LogP contribution in [0.2, 0.25) is 0 Å². The molecule has 0 heterocycles. The number of para-hydroxylation sites is 1. The lowest BCUT2D eigenvalue weighted by Gasteiger charge is -2.17. The summed E-state index contributed by atoms with van der Waals surface area (Å²) in [6.45, 7) is 4.83. The molecule has 9 nitrogen and oxygen atoms in total. The molecular formula is C29H35N3O6. The first kappa shape index (κ1) is 28.2. The van der Waals surface area contributed by atoms with Gasteiger partial charge in [0.2, 0.25) is 0 Å².